The summed E-state index contributed by atoms with van der Waals surface area (Å²) in [6, 6.07) is 14.8. The van der Waals surface area contributed by atoms with Crippen LogP contribution in [0.3, 0.4) is 0 Å². The predicted octanol–water partition coefficient (Wildman–Crippen LogP) is 4.49. The molecule has 0 saturated carbocycles. The van der Waals surface area contributed by atoms with Crippen molar-refractivity contribution >= 4 is 28.7 Å². The summed E-state index contributed by atoms with van der Waals surface area (Å²) in [7, 11) is 0. The Balaban J connectivity index is 1.94. The van der Waals surface area contributed by atoms with E-state index in [2.05, 4.69) is 11.1 Å². The lowest BCUT2D eigenvalue weighted by Crippen LogP contribution is -1.88. The number of thiazole rings is 1. The van der Waals surface area contributed by atoms with Crippen molar-refractivity contribution in [2.24, 2.45) is 0 Å². The van der Waals surface area contributed by atoms with E-state index >= 15 is 0 Å². The number of aromatic nitrogens is 1. The zero-order chi connectivity index (χ0) is 17.8. The van der Waals surface area contributed by atoms with Gasteiger partial charge in [0.25, 0.3) is 5.69 Å². The van der Waals surface area contributed by atoms with Crippen molar-refractivity contribution in [1.29, 1.82) is 5.26 Å². The van der Waals surface area contributed by atoms with Crippen molar-refractivity contribution in [3.8, 4) is 23.1 Å². The highest BCUT2D eigenvalue weighted by atomic mass is 32.1. The van der Waals surface area contributed by atoms with Crippen LogP contribution in [0.5, 0.6) is 5.75 Å². The minimum Gasteiger partial charge on any atom is -0.508 e. The highest BCUT2D eigenvalue weighted by Gasteiger charge is 2.10. The fraction of sp³-hybridized carbons (Fsp3) is 0. The number of rotatable bonds is 4. The third kappa shape index (κ3) is 3.71. The average molecular weight is 349 g/mol. The summed E-state index contributed by atoms with van der Waals surface area (Å²) in [5.74, 6) is 0.169. The Morgan fingerprint density at radius 2 is 2.04 bits per heavy atom. The van der Waals surface area contributed by atoms with Gasteiger partial charge in [0.2, 0.25) is 0 Å². The quantitative estimate of drug-likeness (QED) is 0.425. The lowest BCUT2D eigenvalue weighted by atomic mass is 10.1. The van der Waals surface area contributed by atoms with Crippen LogP contribution in [0.4, 0.5) is 5.69 Å². The van der Waals surface area contributed by atoms with E-state index in [4.69, 9.17) is 0 Å². The molecule has 25 heavy (non-hydrogen) atoms. The molecule has 0 fully saturated rings. The van der Waals surface area contributed by atoms with Crippen LogP contribution in [0.15, 0.2) is 53.9 Å². The van der Waals surface area contributed by atoms with Gasteiger partial charge in [-0.05, 0) is 35.9 Å². The molecular formula is C18H11N3O3S. The molecule has 3 rings (SSSR count). The molecular weight excluding hydrogens is 338 g/mol. The van der Waals surface area contributed by atoms with Gasteiger partial charge < -0.3 is 5.11 Å². The first-order valence-electron chi connectivity index (χ1n) is 7.18. The number of nitrogens with zero attached hydrogens (tertiary/aromatic N) is 3. The highest BCUT2D eigenvalue weighted by Crippen LogP contribution is 2.28. The summed E-state index contributed by atoms with van der Waals surface area (Å²) in [6.45, 7) is 0. The lowest BCUT2D eigenvalue weighted by molar-refractivity contribution is -0.384. The Morgan fingerprint density at radius 1 is 1.28 bits per heavy atom. The topological polar surface area (TPSA) is 100 Å². The summed E-state index contributed by atoms with van der Waals surface area (Å²) in [6.07, 6.45) is 1.58. The van der Waals surface area contributed by atoms with Crippen LogP contribution in [0.25, 0.3) is 22.9 Å². The number of hydrogen-bond acceptors (Lipinski definition) is 6. The molecule has 122 valence electrons. The molecule has 7 heteroatoms. The third-order valence-electron chi connectivity index (χ3n) is 3.41. The van der Waals surface area contributed by atoms with Crippen LogP contribution < -0.4 is 0 Å². The van der Waals surface area contributed by atoms with Crippen molar-refractivity contribution in [3.63, 3.8) is 0 Å². The van der Waals surface area contributed by atoms with Gasteiger partial charge in [0.1, 0.15) is 16.8 Å². The van der Waals surface area contributed by atoms with Crippen molar-refractivity contribution in [2.75, 3.05) is 0 Å². The Hall–Kier alpha value is -3.50. The molecule has 1 N–H and O–H groups in total. The second-order valence-corrected chi connectivity index (χ2v) is 5.96. The largest absolute Gasteiger partial charge is 0.508 e. The molecule has 0 bridgehead atoms. The molecule has 0 atom stereocenters. The molecule has 0 amide bonds. The summed E-state index contributed by atoms with van der Waals surface area (Å²) < 4.78 is 0. The highest BCUT2D eigenvalue weighted by molar-refractivity contribution is 7.11. The van der Waals surface area contributed by atoms with Gasteiger partial charge in [0, 0.05) is 23.1 Å². The summed E-state index contributed by atoms with van der Waals surface area (Å²) in [4.78, 5) is 14.8. The van der Waals surface area contributed by atoms with E-state index in [0.717, 1.165) is 5.56 Å². The normalized spacial score (nSPS) is 11.1. The zero-order valence-electron chi connectivity index (χ0n) is 12.8. The average Bonchev–Trinajstić information content (AvgIpc) is 3.10. The molecule has 0 unspecified atom stereocenters. The van der Waals surface area contributed by atoms with Crippen LogP contribution in [0, 0.1) is 21.4 Å². The first-order valence-corrected chi connectivity index (χ1v) is 8.06. The Bertz CT molecular complexity index is 1000. The molecule has 0 aliphatic heterocycles. The number of hydrogen-bond donors (Lipinski definition) is 1. The zero-order valence-corrected chi connectivity index (χ0v) is 13.6. The van der Waals surface area contributed by atoms with E-state index in [0.29, 0.717) is 21.8 Å². The van der Waals surface area contributed by atoms with Crippen LogP contribution in [0.2, 0.25) is 0 Å². The molecule has 6 nitrogen and oxygen atoms in total. The molecule has 2 aromatic carbocycles. The van der Waals surface area contributed by atoms with E-state index in [1.54, 1.807) is 42.5 Å². The van der Waals surface area contributed by atoms with Crippen LogP contribution >= 0.6 is 11.3 Å². The fourth-order valence-electron chi connectivity index (χ4n) is 2.20. The van der Waals surface area contributed by atoms with Gasteiger partial charge in [0.15, 0.2) is 0 Å². The molecule has 0 saturated heterocycles. The maximum absolute atomic E-state index is 10.9. The Morgan fingerprint density at radius 3 is 2.72 bits per heavy atom. The number of nitro benzene ring substituents is 1. The van der Waals surface area contributed by atoms with Gasteiger partial charge in [-0.25, -0.2) is 4.98 Å². The Kier molecular flexibility index (Phi) is 4.55. The maximum Gasteiger partial charge on any atom is 0.270 e. The van der Waals surface area contributed by atoms with Gasteiger partial charge in [-0.1, -0.05) is 12.1 Å². The summed E-state index contributed by atoms with van der Waals surface area (Å²) in [5, 5.41) is 32.0. The number of benzene rings is 2. The summed E-state index contributed by atoms with van der Waals surface area (Å²) in [5.41, 5.74) is 2.38. The molecule has 0 aliphatic carbocycles. The smallest absolute Gasteiger partial charge is 0.270 e. The standard InChI is InChI=1S/C18H11N3O3S/c19-10-14(8-12-2-1-3-15(9-12)21(23)24)18-20-17(11-25-18)13-4-6-16(22)7-5-13/h1-9,11,22H/b14-8+. The minimum atomic E-state index is -0.476. The number of allylic oxidation sites excluding steroid dienone is 1. The minimum absolute atomic E-state index is 0.0324. The van der Waals surface area contributed by atoms with Crippen molar-refractivity contribution in [2.45, 2.75) is 0 Å². The fourth-order valence-corrected chi connectivity index (χ4v) is 2.99. The number of aromatic hydroxyl groups is 1. The van der Waals surface area contributed by atoms with Gasteiger partial charge in [-0.15, -0.1) is 11.3 Å². The van der Waals surface area contributed by atoms with Crippen molar-refractivity contribution in [3.05, 3.63) is 74.6 Å². The number of phenolic OH excluding ortho intramolecular Hbond substituents is 1. The van der Waals surface area contributed by atoms with Crippen LogP contribution in [0.1, 0.15) is 10.6 Å². The van der Waals surface area contributed by atoms with E-state index < -0.39 is 4.92 Å². The first-order chi connectivity index (χ1) is 12.1. The van der Waals surface area contributed by atoms with Crippen LogP contribution in [-0.2, 0) is 0 Å². The molecule has 1 heterocycles. The van der Waals surface area contributed by atoms with E-state index in [1.165, 1.54) is 23.5 Å². The summed E-state index contributed by atoms with van der Waals surface area (Å²) >= 11 is 1.31. The maximum atomic E-state index is 10.9. The third-order valence-corrected chi connectivity index (χ3v) is 4.29. The monoisotopic (exact) mass is 349 g/mol. The number of phenols is 1. The van der Waals surface area contributed by atoms with Gasteiger partial charge in [-0.2, -0.15) is 5.26 Å². The second-order valence-electron chi connectivity index (χ2n) is 5.11. The number of nitriles is 1. The number of nitro groups is 1. The van der Waals surface area contributed by atoms with Gasteiger partial charge >= 0.3 is 0 Å². The van der Waals surface area contributed by atoms with Crippen molar-refractivity contribution < 1.29 is 10.0 Å². The van der Waals surface area contributed by atoms with Crippen LogP contribution in [-0.4, -0.2) is 15.0 Å². The SMILES string of the molecule is N#C/C(=C\c1cccc([N+](=O)[O-])c1)c1nc(-c2ccc(O)cc2)cs1. The van der Waals surface area contributed by atoms with Crippen molar-refractivity contribution in [1.82, 2.24) is 4.98 Å². The molecule has 0 radical (unpaired) electrons. The van der Waals surface area contributed by atoms with E-state index in [9.17, 15) is 20.5 Å². The number of non-ortho nitro benzene ring substituents is 1. The molecule has 0 spiro atoms. The van der Waals surface area contributed by atoms with E-state index in [-0.39, 0.29) is 11.4 Å². The second kappa shape index (κ2) is 6.95. The predicted molar refractivity (Wildman–Crippen MR) is 95.8 cm³/mol. The molecule has 0 aliphatic rings. The first kappa shape index (κ1) is 16.4. The molecule has 3 aromatic rings. The lowest BCUT2D eigenvalue weighted by Gasteiger charge is -1.98. The molecule has 1 aromatic heterocycles. The Labute approximate surface area is 147 Å². The van der Waals surface area contributed by atoms with Gasteiger partial charge in [0.05, 0.1) is 16.2 Å². The van der Waals surface area contributed by atoms with Gasteiger partial charge in [-0.3, -0.25) is 10.1 Å². The van der Waals surface area contributed by atoms with E-state index in [1.807, 2.05) is 5.38 Å².